The Morgan fingerprint density at radius 2 is 1.71 bits per heavy atom. The van der Waals surface area contributed by atoms with Gasteiger partial charge in [-0.3, -0.25) is 14.3 Å². The molecule has 4 rings (SSSR count). The van der Waals surface area contributed by atoms with Gasteiger partial charge in [0.25, 0.3) is 11.8 Å². The first-order chi connectivity index (χ1) is 16.9. The summed E-state index contributed by atoms with van der Waals surface area (Å²) in [4.78, 5) is 27.4. The number of carbonyl (C=O) groups is 2. The Labute approximate surface area is 204 Å². The summed E-state index contributed by atoms with van der Waals surface area (Å²) in [6.07, 6.45) is 3.61. The molecule has 35 heavy (non-hydrogen) atoms. The number of nitrogens with one attached hydrogen (secondary N) is 1. The Morgan fingerprint density at radius 3 is 2.37 bits per heavy atom. The van der Waals surface area contributed by atoms with Crippen LogP contribution in [0.4, 0.5) is 5.82 Å². The summed E-state index contributed by atoms with van der Waals surface area (Å²) in [6.45, 7) is 3.87. The largest absolute Gasteiger partial charge is 0.488 e. The topological polar surface area (TPSA) is 94.9 Å². The van der Waals surface area contributed by atoms with Gasteiger partial charge in [0, 0.05) is 56.7 Å². The van der Waals surface area contributed by atoms with Crippen molar-refractivity contribution in [1.29, 1.82) is 0 Å². The van der Waals surface area contributed by atoms with Crippen LogP contribution in [0.5, 0.6) is 17.2 Å². The maximum atomic E-state index is 12.9. The second kappa shape index (κ2) is 11.1. The van der Waals surface area contributed by atoms with Crippen LogP contribution in [-0.4, -0.2) is 59.4 Å². The molecule has 2 amide bonds. The van der Waals surface area contributed by atoms with Crippen molar-refractivity contribution in [1.82, 2.24) is 14.7 Å². The summed E-state index contributed by atoms with van der Waals surface area (Å²) in [7, 11) is 3.38. The van der Waals surface area contributed by atoms with Gasteiger partial charge in [-0.25, -0.2) is 0 Å². The molecule has 2 heterocycles. The maximum Gasteiger partial charge on any atom is 0.257 e. The predicted octanol–water partition coefficient (Wildman–Crippen LogP) is 4.11. The van der Waals surface area contributed by atoms with E-state index >= 15 is 0 Å². The van der Waals surface area contributed by atoms with E-state index in [0.29, 0.717) is 40.8 Å². The van der Waals surface area contributed by atoms with Crippen LogP contribution in [0.2, 0.25) is 0 Å². The molecule has 0 radical (unpaired) electrons. The lowest BCUT2D eigenvalue weighted by molar-refractivity contribution is 0.0792. The lowest BCUT2D eigenvalue weighted by atomic mass is 10.1. The molecule has 0 unspecified atom stereocenters. The number of benzene rings is 2. The third-order valence-corrected chi connectivity index (χ3v) is 5.57. The molecule has 184 valence electrons. The molecule has 1 fully saturated rings. The molecule has 1 aromatic heterocycles. The van der Waals surface area contributed by atoms with E-state index in [2.05, 4.69) is 10.4 Å². The minimum absolute atomic E-state index is 0.0325. The van der Waals surface area contributed by atoms with Gasteiger partial charge in [0.15, 0.2) is 5.82 Å². The van der Waals surface area contributed by atoms with Gasteiger partial charge in [0.1, 0.15) is 23.4 Å². The standard InChI is InChI=1S/C26H30N4O5/c1-18(17-33-3)34-22-14-20(25(31)27-24-10-13-29(2)28-24)15-23(16-22)35-21-8-6-19(7-9-21)26(32)30-11-4-5-12-30/h6-10,13-16,18H,4-5,11-12,17H2,1-3H3,(H,27,28,31)/t18-/m0/s1. The van der Waals surface area contributed by atoms with E-state index < -0.39 is 0 Å². The maximum absolute atomic E-state index is 12.9. The first-order valence-electron chi connectivity index (χ1n) is 11.6. The minimum Gasteiger partial charge on any atom is -0.488 e. The van der Waals surface area contributed by atoms with Crippen molar-refractivity contribution in [3.8, 4) is 17.2 Å². The number of aromatic nitrogens is 2. The van der Waals surface area contributed by atoms with E-state index in [0.717, 1.165) is 25.9 Å². The molecule has 3 aromatic rings. The molecule has 1 aliphatic rings. The van der Waals surface area contributed by atoms with Crippen molar-refractivity contribution >= 4 is 17.6 Å². The van der Waals surface area contributed by atoms with Crippen molar-refractivity contribution < 1.29 is 23.8 Å². The van der Waals surface area contributed by atoms with E-state index in [1.807, 2.05) is 11.8 Å². The molecule has 0 spiro atoms. The van der Waals surface area contributed by atoms with Crippen LogP contribution in [-0.2, 0) is 11.8 Å². The molecule has 9 heteroatoms. The van der Waals surface area contributed by atoms with Gasteiger partial charge in [-0.1, -0.05) is 0 Å². The molecule has 0 aliphatic carbocycles. The smallest absolute Gasteiger partial charge is 0.257 e. The van der Waals surface area contributed by atoms with Gasteiger partial charge < -0.3 is 24.4 Å². The average molecular weight is 479 g/mol. The molecule has 1 atom stereocenters. The number of hydrogen-bond donors (Lipinski definition) is 1. The van der Waals surface area contributed by atoms with Crippen LogP contribution in [0.15, 0.2) is 54.7 Å². The molecule has 2 aromatic carbocycles. The summed E-state index contributed by atoms with van der Waals surface area (Å²) in [6, 6.07) is 13.7. The highest BCUT2D eigenvalue weighted by Crippen LogP contribution is 2.29. The van der Waals surface area contributed by atoms with E-state index in [9.17, 15) is 9.59 Å². The van der Waals surface area contributed by atoms with Crippen LogP contribution < -0.4 is 14.8 Å². The number of anilines is 1. The quantitative estimate of drug-likeness (QED) is 0.497. The number of methoxy groups -OCH3 is 1. The highest BCUT2D eigenvalue weighted by molar-refractivity contribution is 6.04. The monoisotopic (exact) mass is 478 g/mol. The van der Waals surface area contributed by atoms with Crippen LogP contribution in [0, 0.1) is 0 Å². The zero-order valence-corrected chi connectivity index (χ0v) is 20.2. The van der Waals surface area contributed by atoms with E-state index in [1.165, 1.54) is 0 Å². The SMILES string of the molecule is COC[C@H](C)Oc1cc(Oc2ccc(C(=O)N3CCCC3)cc2)cc(C(=O)Nc2ccn(C)n2)c1. The molecule has 1 saturated heterocycles. The molecule has 1 N–H and O–H groups in total. The van der Waals surface area contributed by atoms with Gasteiger partial charge in [-0.05, 0) is 56.2 Å². The number of hydrogen-bond acceptors (Lipinski definition) is 6. The van der Waals surface area contributed by atoms with Gasteiger partial charge in [0.05, 0.1) is 6.61 Å². The summed E-state index contributed by atoms with van der Waals surface area (Å²) in [5, 5.41) is 6.96. The molecule has 0 bridgehead atoms. The second-order valence-corrected chi connectivity index (χ2v) is 8.53. The number of aryl methyl sites for hydroxylation is 1. The van der Waals surface area contributed by atoms with Crippen LogP contribution in [0.3, 0.4) is 0 Å². The van der Waals surface area contributed by atoms with Crippen molar-refractivity contribution in [3.63, 3.8) is 0 Å². The Hall–Kier alpha value is -3.85. The van der Waals surface area contributed by atoms with Crippen LogP contribution >= 0.6 is 0 Å². The Morgan fingerprint density at radius 1 is 1.00 bits per heavy atom. The van der Waals surface area contributed by atoms with E-state index in [-0.39, 0.29) is 17.9 Å². The van der Waals surface area contributed by atoms with Crippen molar-refractivity contribution in [2.75, 3.05) is 32.1 Å². The summed E-state index contributed by atoms with van der Waals surface area (Å²) >= 11 is 0. The molecular weight excluding hydrogens is 448 g/mol. The van der Waals surface area contributed by atoms with Crippen LogP contribution in [0.25, 0.3) is 0 Å². The number of ether oxygens (including phenoxy) is 3. The minimum atomic E-state index is -0.343. The van der Waals surface area contributed by atoms with Crippen LogP contribution in [0.1, 0.15) is 40.5 Å². The number of carbonyl (C=O) groups excluding carboxylic acids is 2. The van der Waals surface area contributed by atoms with Crippen molar-refractivity contribution in [2.45, 2.75) is 25.9 Å². The molecule has 1 aliphatic heterocycles. The fraction of sp³-hybridized carbons (Fsp3) is 0.346. The lowest BCUT2D eigenvalue weighted by Gasteiger charge is -2.17. The first-order valence-corrected chi connectivity index (χ1v) is 11.6. The highest BCUT2D eigenvalue weighted by Gasteiger charge is 2.19. The number of rotatable bonds is 9. The Balaban J connectivity index is 1.53. The van der Waals surface area contributed by atoms with E-state index in [4.69, 9.17) is 14.2 Å². The zero-order chi connectivity index (χ0) is 24.8. The Kier molecular flexibility index (Phi) is 7.67. The third kappa shape index (κ3) is 6.39. The van der Waals surface area contributed by atoms with Crippen molar-refractivity contribution in [3.05, 3.63) is 65.9 Å². The lowest BCUT2D eigenvalue weighted by Crippen LogP contribution is -2.27. The van der Waals surface area contributed by atoms with Crippen molar-refractivity contribution in [2.24, 2.45) is 7.05 Å². The first kappa shape index (κ1) is 24.3. The highest BCUT2D eigenvalue weighted by atomic mass is 16.5. The number of amides is 2. The fourth-order valence-electron chi connectivity index (χ4n) is 3.91. The van der Waals surface area contributed by atoms with Gasteiger partial charge in [0.2, 0.25) is 0 Å². The molecular formula is C26H30N4O5. The van der Waals surface area contributed by atoms with E-state index in [1.54, 1.807) is 73.6 Å². The average Bonchev–Trinajstić information content (AvgIpc) is 3.51. The number of nitrogens with zero attached hydrogens (tertiary/aromatic N) is 3. The zero-order valence-electron chi connectivity index (χ0n) is 20.2. The number of likely N-dealkylation sites (tertiary alicyclic amines) is 1. The van der Waals surface area contributed by atoms with Gasteiger partial charge in [-0.2, -0.15) is 5.10 Å². The molecule has 9 nitrogen and oxygen atoms in total. The summed E-state index contributed by atoms with van der Waals surface area (Å²) < 4.78 is 18.7. The summed E-state index contributed by atoms with van der Waals surface area (Å²) in [5.74, 6) is 1.57. The van der Waals surface area contributed by atoms with Gasteiger partial charge >= 0.3 is 0 Å². The Bertz CT molecular complexity index is 1170. The fourth-order valence-corrected chi connectivity index (χ4v) is 3.91. The third-order valence-electron chi connectivity index (χ3n) is 5.57. The van der Waals surface area contributed by atoms with Gasteiger partial charge in [-0.15, -0.1) is 0 Å². The predicted molar refractivity (Wildman–Crippen MR) is 131 cm³/mol. The second-order valence-electron chi connectivity index (χ2n) is 8.53. The molecule has 0 saturated carbocycles. The normalized spacial score (nSPS) is 14.0. The summed E-state index contributed by atoms with van der Waals surface area (Å²) in [5.41, 5.74) is 0.980.